The zero-order valence-electron chi connectivity index (χ0n) is 8.59. The topological polar surface area (TPSA) is 26.0 Å². The van der Waals surface area contributed by atoms with E-state index >= 15 is 0 Å². The van der Waals surface area contributed by atoms with Crippen LogP contribution in [0.5, 0.6) is 0 Å². The average Bonchev–Trinajstić information content (AvgIpc) is 2.19. The SMILES string of the molecule is CCC(C)SCc1ccc(Cl)c(N)c1. The second-order valence-electron chi connectivity index (χ2n) is 3.39. The number of thioether (sulfide) groups is 1. The summed E-state index contributed by atoms with van der Waals surface area (Å²) in [6.45, 7) is 4.44. The van der Waals surface area contributed by atoms with E-state index in [1.165, 1.54) is 12.0 Å². The zero-order chi connectivity index (χ0) is 10.6. The Kier molecular flexibility index (Phi) is 4.63. The molecule has 0 aromatic heterocycles. The van der Waals surface area contributed by atoms with E-state index < -0.39 is 0 Å². The lowest BCUT2D eigenvalue weighted by Gasteiger charge is -2.08. The van der Waals surface area contributed by atoms with Gasteiger partial charge < -0.3 is 5.73 Å². The third-order valence-electron chi connectivity index (χ3n) is 2.17. The molecule has 1 atom stereocenters. The van der Waals surface area contributed by atoms with Crippen molar-refractivity contribution in [1.29, 1.82) is 0 Å². The summed E-state index contributed by atoms with van der Waals surface area (Å²) in [5, 5.41) is 1.34. The van der Waals surface area contributed by atoms with Gasteiger partial charge in [-0.2, -0.15) is 11.8 Å². The van der Waals surface area contributed by atoms with Gasteiger partial charge in [0.15, 0.2) is 0 Å². The van der Waals surface area contributed by atoms with Crippen molar-refractivity contribution < 1.29 is 0 Å². The fourth-order valence-electron chi connectivity index (χ4n) is 1.04. The van der Waals surface area contributed by atoms with E-state index in [0.29, 0.717) is 16.0 Å². The van der Waals surface area contributed by atoms with Gasteiger partial charge >= 0.3 is 0 Å². The van der Waals surface area contributed by atoms with Crippen LogP contribution in [0.1, 0.15) is 25.8 Å². The maximum absolute atomic E-state index is 5.84. The highest BCUT2D eigenvalue weighted by Gasteiger charge is 2.02. The summed E-state index contributed by atoms with van der Waals surface area (Å²) in [5.41, 5.74) is 7.64. The average molecular weight is 230 g/mol. The Balaban J connectivity index is 2.55. The van der Waals surface area contributed by atoms with Gasteiger partial charge in [0.2, 0.25) is 0 Å². The van der Waals surface area contributed by atoms with Crippen molar-refractivity contribution in [3.8, 4) is 0 Å². The van der Waals surface area contributed by atoms with Gasteiger partial charge in [-0.15, -0.1) is 0 Å². The van der Waals surface area contributed by atoms with Crippen LogP contribution in [0.4, 0.5) is 5.69 Å². The highest BCUT2D eigenvalue weighted by Crippen LogP contribution is 2.24. The highest BCUT2D eigenvalue weighted by molar-refractivity contribution is 7.99. The first-order chi connectivity index (χ1) is 6.63. The molecular weight excluding hydrogens is 214 g/mol. The van der Waals surface area contributed by atoms with Crippen molar-refractivity contribution in [1.82, 2.24) is 0 Å². The van der Waals surface area contributed by atoms with Gasteiger partial charge in [-0.25, -0.2) is 0 Å². The maximum atomic E-state index is 5.84. The normalized spacial score (nSPS) is 12.8. The molecule has 0 saturated heterocycles. The Hall–Kier alpha value is -0.340. The zero-order valence-corrected chi connectivity index (χ0v) is 10.2. The van der Waals surface area contributed by atoms with E-state index in [-0.39, 0.29) is 0 Å². The Morgan fingerprint density at radius 3 is 2.79 bits per heavy atom. The van der Waals surface area contributed by atoms with E-state index in [1.54, 1.807) is 0 Å². The number of hydrogen-bond acceptors (Lipinski definition) is 2. The van der Waals surface area contributed by atoms with Crippen LogP contribution in [0.15, 0.2) is 18.2 Å². The largest absolute Gasteiger partial charge is 0.398 e. The molecule has 1 aromatic carbocycles. The smallest absolute Gasteiger partial charge is 0.0635 e. The Bertz CT molecular complexity index is 301. The van der Waals surface area contributed by atoms with Crippen LogP contribution in [0, 0.1) is 0 Å². The lowest BCUT2D eigenvalue weighted by atomic mass is 10.2. The number of nitrogens with two attached hydrogens (primary N) is 1. The molecule has 0 radical (unpaired) electrons. The molecule has 1 rings (SSSR count). The third kappa shape index (κ3) is 3.43. The van der Waals surface area contributed by atoms with Gasteiger partial charge in [-0.05, 0) is 24.1 Å². The number of rotatable bonds is 4. The van der Waals surface area contributed by atoms with Crippen LogP contribution in [0.25, 0.3) is 0 Å². The first-order valence-electron chi connectivity index (χ1n) is 4.79. The predicted molar refractivity (Wildman–Crippen MR) is 66.9 cm³/mol. The molecule has 0 spiro atoms. The molecule has 0 aliphatic carbocycles. The van der Waals surface area contributed by atoms with E-state index in [9.17, 15) is 0 Å². The Morgan fingerprint density at radius 1 is 1.50 bits per heavy atom. The molecule has 1 unspecified atom stereocenters. The molecule has 1 aromatic rings. The molecule has 78 valence electrons. The van der Waals surface area contributed by atoms with Crippen molar-refractivity contribution in [2.45, 2.75) is 31.3 Å². The lowest BCUT2D eigenvalue weighted by molar-refractivity contribution is 0.905. The van der Waals surface area contributed by atoms with Crippen molar-refractivity contribution >= 4 is 29.1 Å². The minimum Gasteiger partial charge on any atom is -0.398 e. The fourth-order valence-corrected chi connectivity index (χ4v) is 2.05. The monoisotopic (exact) mass is 229 g/mol. The molecule has 14 heavy (non-hydrogen) atoms. The minimum atomic E-state index is 0.641. The van der Waals surface area contributed by atoms with E-state index in [4.69, 9.17) is 17.3 Å². The molecule has 3 heteroatoms. The standard InChI is InChI=1S/C11H16ClNS/c1-3-8(2)14-7-9-4-5-10(12)11(13)6-9/h4-6,8H,3,7,13H2,1-2H3. The number of benzene rings is 1. The molecule has 1 nitrogen and oxygen atoms in total. The summed E-state index contributed by atoms with van der Waals surface area (Å²) in [6, 6.07) is 5.86. The number of nitrogen functional groups attached to an aromatic ring is 1. The van der Waals surface area contributed by atoms with Crippen LogP contribution in [0.2, 0.25) is 5.02 Å². The molecule has 0 fully saturated rings. The summed E-state index contributed by atoms with van der Waals surface area (Å²) in [6.07, 6.45) is 1.20. The molecular formula is C11H16ClNS. The van der Waals surface area contributed by atoms with Crippen LogP contribution < -0.4 is 5.73 Å². The summed E-state index contributed by atoms with van der Waals surface area (Å²) in [7, 11) is 0. The van der Waals surface area contributed by atoms with Gasteiger partial charge in [0, 0.05) is 11.0 Å². The second kappa shape index (κ2) is 5.52. The van der Waals surface area contributed by atoms with E-state index in [0.717, 1.165) is 5.75 Å². The first-order valence-corrected chi connectivity index (χ1v) is 6.21. The lowest BCUT2D eigenvalue weighted by Crippen LogP contribution is -1.94. The van der Waals surface area contributed by atoms with Crippen LogP contribution >= 0.6 is 23.4 Å². The summed E-state index contributed by atoms with van der Waals surface area (Å²) >= 11 is 7.78. The van der Waals surface area contributed by atoms with Crippen molar-refractivity contribution in [3.05, 3.63) is 28.8 Å². The summed E-state index contributed by atoms with van der Waals surface area (Å²) in [4.78, 5) is 0. The molecule has 0 aliphatic rings. The second-order valence-corrected chi connectivity index (χ2v) is 5.22. The molecule has 0 aliphatic heterocycles. The maximum Gasteiger partial charge on any atom is 0.0635 e. The Labute approximate surface area is 95.0 Å². The third-order valence-corrected chi connectivity index (χ3v) is 3.92. The number of hydrogen-bond donors (Lipinski definition) is 1. The molecule has 0 heterocycles. The van der Waals surface area contributed by atoms with Crippen molar-refractivity contribution in [3.63, 3.8) is 0 Å². The first kappa shape index (κ1) is 11.7. The van der Waals surface area contributed by atoms with E-state index in [1.807, 2.05) is 30.0 Å². The number of halogens is 1. The Morgan fingerprint density at radius 2 is 2.21 bits per heavy atom. The van der Waals surface area contributed by atoms with Crippen LogP contribution in [-0.2, 0) is 5.75 Å². The molecule has 0 amide bonds. The van der Waals surface area contributed by atoms with Gasteiger partial charge in [0.1, 0.15) is 0 Å². The van der Waals surface area contributed by atoms with Crippen molar-refractivity contribution in [2.75, 3.05) is 5.73 Å². The molecule has 2 N–H and O–H groups in total. The van der Waals surface area contributed by atoms with Crippen LogP contribution in [0.3, 0.4) is 0 Å². The summed E-state index contributed by atoms with van der Waals surface area (Å²) in [5.74, 6) is 1.01. The van der Waals surface area contributed by atoms with Crippen molar-refractivity contribution in [2.24, 2.45) is 0 Å². The molecule has 0 saturated carbocycles. The predicted octanol–water partition coefficient (Wildman–Crippen LogP) is 3.95. The fraction of sp³-hybridized carbons (Fsp3) is 0.455. The summed E-state index contributed by atoms with van der Waals surface area (Å²) < 4.78 is 0. The van der Waals surface area contributed by atoms with E-state index in [2.05, 4.69) is 13.8 Å². The number of anilines is 1. The van der Waals surface area contributed by atoms with Crippen LogP contribution in [-0.4, -0.2) is 5.25 Å². The molecule has 0 bridgehead atoms. The quantitative estimate of drug-likeness (QED) is 0.792. The van der Waals surface area contributed by atoms with Gasteiger partial charge in [0.05, 0.1) is 10.7 Å². The van der Waals surface area contributed by atoms with Gasteiger partial charge in [-0.1, -0.05) is 31.5 Å². The minimum absolute atomic E-state index is 0.641. The highest BCUT2D eigenvalue weighted by atomic mass is 35.5. The van der Waals surface area contributed by atoms with Gasteiger partial charge in [-0.3, -0.25) is 0 Å². The van der Waals surface area contributed by atoms with Gasteiger partial charge in [0.25, 0.3) is 0 Å².